The molecule has 0 atom stereocenters. The van der Waals surface area contributed by atoms with Crippen molar-refractivity contribution in [2.24, 2.45) is 0 Å². The number of aliphatic hydroxyl groups is 1. The SMILES string of the molecule is CC(C)(O)C(C)(C)OBc1cccc2c1oc1ccc3sc(-c4ccccc4)nc3c12. The third-order valence-corrected chi connectivity index (χ3v) is 7.25. The highest BCUT2D eigenvalue weighted by molar-refractivity contribution is 7.21. The summed E-state index contributed by atoms with van der Waals surface area (Å²) in [5.41, 5.74) is 3.01. The van der Waals surface area contributed by atoms with E-state index in [-0.39, 0.29) is 0 Å². The van der Waals surface area contributed by atoms with Crippen molar-refractivity contribution < 1.29 is 14.2 Å². The summed E-state index contributed by atoms with van der Waals surface area (Å²) in [5.74, 6) is 0. The molecule has 2 heterocycles. The summed E-state index contributed by atoms with van der Waals surface area (Å²) >= 11 is 1.69. The fourth-order valence-corrected chi connectivity index (χ4v) is 4.57. The first-order valence-electron chi connectivity index (χ1n) is 10.4. The Hall–Kier alpha value is -2.67. The van der Waals surface area contributed by atoms with Gasteiger partial charge < -0.3 is 14.2 Å². The number of furan rings is 1. The van der Waals surface area contributed by atoms with Crippen LogP contribution in [-0.2, 0) is 4.65 Å². The molecule has 4 nitrogen and oxygen atoms in total. The lowest BCUT2D eigenvalue weighted by Gasteiger charge is -2.37. The van der Waals surface area contributed by atoms with E-state index in [9.17, 15) is 5.11 Å². The maximum absolute atomic E-state index is 10.4. The van der Waals surface area contributed by atoms with Crippen molar-refractivity contribution in [3.8, 4) is 10.6 Å². The van der Waals surface area contributed by atoms with Gasteiger partial charge in [0.25, 0.3) is 0 Å². The molecule has 5 rings (SSSR count). The van der Waals surface area contributed by atoms with E-state index < -0.39 is 11.2 Å². The molecule has 0 aliphatic carbocycles. The van der Waals surface area contributed by atoms with E-state index in [2.05, 4.69) is 24.3 Å². The summed E-state index contributed by atoms with van der Waals surface area (Å²) in [6, 6.07) is 20.5. The largest absolute Gasteiger partial charge is 0.456 e. The van der Waals surface area contributed by atoms with Crippen LogP contribution < -0.4 is 5.46 Å². The van der Waals surface area contributed by atoms with Gasteiger partial charge in [0, 0.05) is 10.9 Å². The van der Waals surface area contributed by atoms with Crippen molar-refractivity contribution in [2.75, 3.05) is 0 Å². The Labute approximate surface area is 185 Å². The highest BCUT2D eigenvalue weighted by Crippen LogP contribution is 2.38. The molecule has 5 aromatic rings. The Morgan fingerprint density at radius 3 is 2.48 bits per heavy atom. The quantitative estimate of drug-likeness (QED) is 0.380. The second-order valence-electron chi connectivity index (χ2n) is 8.92. The van der Waals surface area contributed by atoms with Gasteiger partial charge in [-0.25, -0.2) is 4.98 Å². The van der Waals surface area contributed by atoms with E-state index >= 15 is 0 Å². The van der Waals surface area contributed by atoms with Gasteiger partial charge in [-0.15, -0.1) is 11.3 Å². The van der Waals surface area contributed by atoms with Crippen LogP contribution in [0.1, 0.15) is 27.7 Å². The van der Waals surface area contributed by atoms with Gasteiger partial charge in [0.05, 0.1) is 26.8 Å². The van der Waals surface area contributed by atoms with Crippen LogP contribution in [0.25, 0.3) is 42.7 Å². The average molecular weight is 429 g/mol. The standard InChI is InChI=1S/C25H24BNO3S/c1-24(2,28)25(3,4)30-26-17-12-8-11-16-20-18(29-22(16)17)13-14-19-21(20)27-23(31-19)15-9-6-5-7-10-15/h5-14,26,28H,1-4H3. The molecule has 0 aliphatic rings. The molecule has 0 aliphatic heterocycles. The van der Waals surface area contributed by atoms with Crippen LogP contribution in [0.4, 0.5) is 0 Å². The third kappa shape index (κ3) is 3.45. The monoisotopic (exact) mass is 429 g/mol. The van der Waals surface area contributed by atoms with Crippen LogP contribution in [0, 0.1) is 0 Å². The molecular formula is C25H24BNO3S. The van der Waals surface area contributed by atoms with E-state index in [0.29, 0.717) is 7.48 Å². The summed E-state index contributed by atoms with van der Waals surface area (Å²) in [6.07, 6.45) is 0. The van der Waals surface area contributed by atoms with Crippen LogP contribution in [-0.4, -0.2) is 28.8 Å². The molecule has 3 aromatic carbocycles. The van der Waals surface area contributed by atoms with Gasteiger partial charge in [-0.3, -0.25) is 0 Å². The van der Waals surface area contributed by atoms with Crippen LogP contribution in [0.3, 0.4) is 0 Å². The van der Waals surface area contributed by atoms with Gasteiger partial charge in [0.2, 0.25) is 0 Å². The van der Waals surface area contributed by atoms with Crippen LogP contribution in [0.15, 0.2) is 65.1 Å². The molecule has 0 saturated heterocycles. The normalized spacial score (nSPS) is 12.8. The Kier molecular flexibility index (Phi) is 4.70. The van der Waals surface area contributed by atoms with Gasteiger partial charge in [-0.1, -0.05) is 48.5 Å². The van der Waals surface area contributed by atoms with Gasteiger partial charge in [0.1, 0.15) is 16.2 Å². The number of nitrogens with zero attached hydrogens (tertiary/aromatic N) is 1. The molecule has 0 radical (unpaired) electrons. The minimum Gasteiger partial charge on any atom is -0.456 e. The fraction of sp³-hybridized carbons (Fsp3) is 0.240. The number of aromatic nitrogens is 1. The van der Waals surface area contributed by atoms with Crippen LogP contribution in [0.5, 0.6) is 0 Å². The van der Waals surface area contributed by atoms with Gasteiger partial charge in [-0.2, -0.15) is 0 Å². The van der Waals surface area contributed by atoms with Crippen molar-refractivity contribution in [3.63, 3.8) is 0 Å². The Morgan fingerprint density at radius 1 is 0.968 bits per heavy atom. The smallest absolute Gasteiger partial charge is 0.313 e. The first kappa shape index (κ1) is 20.2. The molecule has 31 heavy (non-hydrogen) atoms. The maximum Gasteiger partial charge on any atom is 0.313 e. The Balaban J connectivity index is 1.63. The van der Waals surface area contributed by atoms with Gasteiger partial charge >= 0.3 is 7.48 Å². The molecule has 0 bridgehead atoms. The zero-order chi connectivity index (χ0) is 21.8. The van der Waals surface area contributed by atoms with Gasteiger partial charge in [0.15, 0.2) is 0 Å². The molecule has 0 fully saturated rings. The highest BCUT2D eigenvalue weighted by atomic mass is 32.1. The molecule has 0 spiro atoms. The third-order valence-electron chi connectivity index (χ3n) is 6.18. The summed E-state index contributed by atoms with van der Waals surface area (Å²) in [4.78, 5) is 4.97. The van der Waals surface area contributed by atoms with Crippen molar-refractivity contribution in [2.45, 2.75) is 38.9 Å². The van der Waals surface area contributed by atoms with Crippen molar-refractivity contribution >= 4 is 56.4 Å². The predicted octanol–water partition coefficient (Wildman–Crippen LogP) is 5.41. The summed E-state index contributed by atoms with van der Waals surface area (Å²) < 4.78 is 13.5. The molecule has 156 valence electrons. The number of hydrogen-bond acceptors (Lipinski definition) is 5. The van der Waals surface area contributed by atoms with Crippen LogP contribution >= 0.6 is 11.3 Å². The number of para-hydroxylation sites is 1. The summed E-state index contributed by atoms with van der Waals surface area (Å²) in [7, 11) is 0.351. The molecule has 0 saturated carbocycles. The minimum atomic E-state index is -0.963. The average Bonchev–Trinajstić information content (AvgIpc) is 3.33. The molecule has 0 amide bonds. The number of rotatable bonds is 5. The number of thiazole rings is 1. The highest BCUT2D eigenvalue weighted by Gasteiger charge is 2.36. The van der Waals surface area contributed by atoms with Crippen molar-refractivity contribution in [3.05, 3.63) is 60.7 Å². The Morgan fingerprint density at radius 2 is 1.74 bits per heavy atom. The molecule has 2 aromatic heterocycles. The first-order chi connectivity index (χ1) is 14.7. The maximum atomic E-state index is 10.4. The molecular weight excluding hydrogens is 405 g/mol. The van der Waals surface area contributed by atoms with Crippen molar-refractivity contribution in [1.29, 1.82) is 0 Å². The summed E-state index contributed by atoms with van der Waals surface area (Å²) in [5, 5.41) is 13.5. The van der Waals surface area contributed by atoms with E-state index in [4.69, 9.17) is 14.1 Å². The number of hydrogen-bond donors (Lipinski definition) is 1. The first-order valence-corrected chi connectivity index (χ1v) is 11.2. The lowest BCUT2D eigenvalue weighted by molar-refractivity contribution is -0.0893. The van der Waals surface area contributed by atoms with Crippen molar-refractivity contribution in [1.82, 2.24) is 4.98 Å². The topological polar surface area (TPSA) is 55.5 Å². The fourth-order valence-electron chi connectivity index (χ4n) is 3.59. The van der Waals surface area contributed by atoms with Gasteiger partial charge in [-0.05, 0) is 45.3 Å². The molecule has 0 unspecified atom stereocenters. The Bertz CT molecular complexity index is 1400. The van der Waals surface area contributed by atoms with E-state index in [1.165, 1.54) is 0 Å². The summed E-state index contributed by atoms with van der Waals surface area (Å²) in [6.45, 7) is 7.32. The van der Waals surface area contributed by atoms with E-state index in [1.807, 2.05) is 50.2 Å². The minimum absolute atomic E-state index is 0.351. The molecule has 6 heteroatoms. The number of benzene rings is 3. The zero-order valence-corrected chi connectivity index (χ0v) is 18.9. The van der Waals surface area contributed by atoms with Crippen LogP contribution in [0.2, 0.25) is 0 Å². The molecule has 1 N–H and O–H groups in total. The predicted molar refractivity (Wildman–Crippen MR) is 131 cm³/mol. The second-order valence-corrected chi connectivity index (χ2v) is 9.96. The second kappa shape index (κ2) is 7.19. The lowest BCUT2D eigenvalue weighted by atomic mass is 9.82. The lowest BCUT2D eigenvalue weighted by Crippen LogP contribution is -2.49. The van der Waals surface area contributed by atoms with E-state index in [1.54, 1.807) is 25.2 Å². The zero-order valence-electron chi connectivity index (χ0n) is 18.1. The number of fused-ring (bicyclic) bond motifs is 5. The van der Waals surface area contributed by atoms with E-state index in [0.717, 1.165) is 48.2 Å².